The molecule has 4 saturated carbocycles. The molecule has 0 saturated heterocycles. The van der Waals surface area contributed by atoms with Crippen LogP contribution in [0.4, 0.5) is 0 Å². The summed E-state index contributed by atoms with van der Waals surface area (Å²) in [7, 11) is -4.41. The fourth-order valence-corrected chi connectivity index (χ4v) is 9.79. The van der Waals surface area contributed by atoms with Gasteiger partial charge >= 0.3 is 16.4 Å². The first-order valence-electron chi connectivity index (χ1n) is 13.5. The van der Waals surface area contributed by atoms with Crippen LogP contribution in [-0.2, 0) is 24.2 Å². The highest BCUT2D eigenvalue weighted by molar-refractivity contribution is 7.80. The summed E-state index contributed by atoms with van der Waals surface area (Å²) in [4.78, 5) is 22.7. The summed E-state index contributed by atoms with van der Waals surface area (Å²) in [5.41, 5.74) is 0.488. The van der Waals surface area contributed by atoms with Crippen molar-refractivity contribution < 1.29 is 31.8 Å². The van der Waals surface area contributed by atoms with Gasteiger partial charge in [-0.05, 0) is 111 Å². The van der Waals surface area contributed by atoms with Crippen LogP contribution in [0, 0.1) is 46.3 Å². The Hall–Kier alpha value is -1.19. The topological polar surface area (TPSA) is 130 Å². The highest BCUT2D eigenvalue weighted by Gasteiger charge is 2.60. The zero-order chi connectivity index (χ0) is 25.6. The Morgan fingerprint density at radius 3 is 2.40 bits per heavy atom. The maximum atomic E-state index is 12.1. The number of fused-ring (bicyclic) bond motifs is 5. The molecule has 0 heterocycles. The molecule has 4 aliphatic carbocycles. The minimum atomic E-state index is -4.41. The van der Waals surface area contributed by atoms with Crippen LogP contribution in [0.5, 0.6) is 0 Å². The summed E-state index contributed by atoms with van der Waals surface area (Å²) in [6, 6.07) is 0. The molecule has 0 spiro atoms. The van der Waals surface area contributed by atoms with Gasteiger partial charge in [-0.25, -0.2) is 4.18 Å². The Labute approximate surface area is 209 Å². The predicted octanol–water partition coefficient (Wildman–Crippen LogP) is 4.45. The molecule has 0 aromatic rings. The van der Waals surface area contributed by atoms with Gasteiger partial charge in [-0.1, -0.05) is 20.8 Å². The molecular formula is C26H43NO7S. The molecule has 0 aromatic heterocycles. The molecular weight excluding hydrogens is 470 g/mol. The van der Waals surface area contributed by atoms with Crippen molar-refractivity contribution in [2.75, 3.05) is 6.54 Å². The number of nitrogens with one attached hydrogen (secondary N) is 1. The molecule has 8 nitrogen and oxygen atoms in total. The average molecular weight is 514 g/mol. The van der Waals surface area contributed by atoms with E-state index in [0.717, 1.165) is 19.3 Å². The molecule has 4 unspecified atom stereocenters. The van der Waals surface area contributed by atoms with Crippen LogP contribution in [0.15, 0.2) is 0 Å². The van der Waals surface area contributed by atoms with Crippen LogP contribution < -0.4 is 5.32 Å². The average Bonchev–Trinajstić information content (AvgIpc) is 3.12. The third-order valence-corrected chi connectivity index (χ3v) is 11.4. The first-order valence-corrected chi connectivity index (χ1v) is 14.8. The van der Waals surface area contributed by atoms with Crippen molar-refractivity contribution in [3.8, 4) is 0 Å². The lowest BCUT2D eigenvalue weighted by molar-refractivity contribution is -0.138. The largest absolute Gasteiger partial charge is 0.480 e. The number of hydrogen-bond acceptors (Lipinski definition) is 5. The summed E-state index contributed by atoms with van der Waals surface area (Å²) in [6.07, 6.45) is 10.2. The predicted molar refractivity (Wildman–Crippen MR) is 131 cm³/mol. The van der Waals surface area contributed by atoms with Gasteiger partial charge in [0.05, 0.1) is 6.10 Å². The van der Waals surface area contributed by atoms with Gasteiger partial charge in [0.1, 0.15) is 6.54 Å². The number of aliphatic carboxylic acids is 1. The maximum absolute atomic E-state index is 12.1. The van der Waals surface area contributed by atoms with Gasteiger partial charge in [-0.3, -0.25) is 14.1 Å². The van der Waals surface area contributed by atoms with Crippen LogP contribution in [0.3, 0.4) is 0 Å². The second-order valence-corrected chi connectivity index (χ2v) is 13.5. The lowest BCUT2D eigenvalue weighted by Gasteiger charge is -2.61. The number of hydrogen-bond donors (Lipinski definition) is 3. The molecule has 0 radical (unpaired) electrons. The van der Waals surface area contributed by atoms with Crippen LogP contribution in [0.2, 0.25) is 0 Å². The number of carboxylic acid groups (broad SMARTS) is 1. The molecule has 3 N–H and O–H groups in total. The molecule has 9 atom stereocenters. The van der Waals surface area contributed by atoms with Crippen molar-refractivity contribution in [1.29, 1.82) is 0 Å². The quantitative estimate of drug-likeness (QED) is 0.409. The normalized spacial score (nSPS) is 41.8. The molecule has 4 aliphatic rings. The number of rotatable bonds is 8. The van der Waals surface area contributed by atoms with E-state index in [-0.39, 0.29) is 23.3 Å². The summed E-state index contributed by atoms with van der Waals surface area (Å²) in [5.74, 6) is 2.31. The van der Waals surface area contributed by atoms with E-state index in [1.54, 1.807) is 0 Å². The summed E-state index contributed by atoms with van der Waals surface area (Å²) < 4.78 is 36.6. The summed E-state index contributed by atoms with van der Waals surface area (Å²) in [6.45, 7) is 6.86. The molecule has 9 heteroatoms. The number of amides is 1. The van der Waals surface area contributed by atoms with E-state index in [1.165, 1.54) is 32.1 Å². The van der Waals surface area contributed by atoms with Gasteiger partial charge in [-0.2, -0.15) is 8.42 Å². The summed E-state index contributed by atoms with van der Waals surface area (Å²) >= 11 is 0. The van der Waals surface area contributed by atoms with Crippen molar-refractivity contribution in [3.05, 3.63) is 0 Å². The van der Waals surface area contributed by atoms with E-state index in [1.807, 2.05) is 0 Å². The van der Waals surface area contributed by atoms with E-state index in [4.69, 9.17) is 13.8 Å². The van der Waals surface area contributed by atoms with Crippen molar-refractivity contribution >= 4 is 22.3 Å². The minimum absolute atomic E-state index is 0.178. The fraction of sp³-hybridized carbons (Fsp3) is 0.923. The van der Waals surface area contributed by atoms with Crippen molar-refractivity contribution in [3.63, 3.8) is 0 Å². The maximum Gasteiger partial charge on any atom is 0.397 e. The van der Waals surface area contributed by atoms with Crippen LogP contribution >= 0.6 is 0 Å². The Morgan fingerprint density at radius 1 is 1.03 bits per heavy atom. The smallest absolute Gasteiger partial charge is 0.397 e. The third-order valence-electron chi connectivity index (χ3n) is 10.9. The number of carboxylic acids is 1. The lowest BCUT2D eigenvalue weighted by Crippen LogP contribution is -2.54. The standard InChI is InChI=1S/C26H43NO7S/c1-16(4-9-23(28)27-15-24(29)30)20-7-8-21-19-6-5-17-14-18(34-35(31,32)33)10-12-25(17,2)22(19)11-13-26(20,21)3/h16-22H,4-15H2,1-3H3,(H,27,28)(H,29,30)(H,31,32,33)/t16-,17?,18-,19?,20-,21?,22?,25+,26-/m1/s1. The Balaban J connectivity index is 1.39. The van der Waals surface area contributed by atoms with Gasteiger partial charge in [0.25, 0.3) is 0 Å². The minimum Gasteiger partial charge on any atom is -0.480 e. The first-order chi connectivity index (χ1) is 16.3. The lowest BCUT2D eigenvalue weighted by atomic mass is 9.44. The highest BCUT2D eigenvalue weighted by Crippen LogP contribution is 2.68. The van der Waals surface area contributed by atoms with Gasteiger partial charge in [0, 0.05) is 6.42 Å². The Bertz CT molecular complexity index is 923. The van der Waals surface area contributed by atoms with Crippen LogP contribution in [0.25, 0.3) is 0 Å². The van der Waals surface area contributed by atoms with Gasteiger partial charge in [0.2, 0.25) is 5.91 Å². The zero-order valence-electron chi connectivity index (χ0n) is 21.4. The zero-order valence-corrected chi connectivity index (χ0v) is 22.2. The number of carbonyl (C=O) groups excluding carboxylic acids is 1. The Morgan fingerprint density at radius 2 is 1.71 bits per heavy atom. The molecule has 1 amide bonds. The van der Waals surface area contributed by atoms with Gasteiger partial charge < -0.3 is 10.4 Å². The van der Waals surface area contributed by atoms with Gasteiger partial charge in [-0.15, -0.1) is 0 Å². The SMILES string of the molecule is C[C@H](CCC(=O)NCC(=O)O)[C@H]1CCC2C3CCC4C[C@H](OS(=O)(=O)O)CC[C@]4(C)C3CC[C@@]21C. The van der Waals surface area contributed by atoms with E-state index < -0.39 is 22.5 Å². The highest BCUT2D eigenvalue weighted by atomic mass is 32.3. The molecule has 35 heavy (non-hydrogen) atoms. The second-order valence-electron chi connectivity index (χ2n) is 12.5. The molecule has 0 bridgehead atoms. The summed E-state index contributed by atoms with van der Waals surface area (Å²) in [5, 5.41) is 11.2. The third kappa shape index (κ3) is 5.42. The van der Waals surface area contributed by atoms with Crippen molar-refractivity contribution in [2.45, 2.75) is 97.5 Å². The first kappa shape index (κ1) is 26.9. The Kier molecular flexibility index (Phi) is 7.62. The van der Waals surface area contributed by atoms with E-state index in [2.05, 4.69) is 26.1 Å². The van der Waals surface area contributed by atoms with E-state index >= 15 is 0 Å². The van der Waals surface area contributed by atoms with Crippen LogP contribution in [0.1, 0.15) is 91.4 Å². The van der Waals surface area contributed by atoms with E-state index in [0.29, 0.717) is 54.8 Å². The van der Waals surface area contributed by atoms with Crippen molar-refractivity contribution in [2.24, 2.45) is 46.3 Å². The fourth-order valence-electron chi connectivity index (χ4n) is 9.28. The molecule has 200 valence electrons. The number of carbonyl (C=O) groups is 2. The molecule has 0 aromatic carbocycles. The van der Waals surface area contributed by atoms with E-state index in [9.17, 15) is 18.0 Å². The molecule has 0 aliphatic heterocycles. The van der Waals surface area contributed by atoms with Crippen LogP contribution in [-0.4, -0.2) is 42.6 Å². The molecule has 4 rings (SSSR count). The molecule has 4 fully saturated rings. The van der Waals surface area contributed by atoms with Crippen molar-refractivity contribution in [1.82, 2.24) is 5.32 Å². The monoisotopic (exact) mass is 513 g/mol. The van der Waals surface area contributed by atoms with Gasteiger partial charge in [0.15, 0.2) is 0 Å². The second kappa shape index (κ2) is 9.93.